The number of hydrogen-bond acceptors (Lipinski definition) is 3. The molecule has 0 heterocycles. The second-order valence-corrected chi connectivity index (χ2v) is 5.72. The molecule has 94 valence electrons. The zero-order chi connectivity index (χ0) is 12.1. The highest BCUT2D eigenvalue weighted by Crippen LogP contribution is 2.33. The van der Waals surface area contributed by atoms with Crippen LogP contribution in [0.3, 0.4) is 0 Å². The van der Waals surface area contributed by atoms with Crippen LogP contribution in [0.15, 0.2) is 0 Å². The second-order valence-electron chi connectivity index (χ2n) is 4.61. The van der Waals surface area contributed by atoms with E-state index in [1.54, 1.807) is 0 Å². The maximum Gasteiger partial charge on any atom is 0.320 e. The molecule has 3 nitrogen and oxygen atoms in total. The average Bonchev–Trinajstić information content (AvgIpc) is 2.65. The van der Waals surface area contributed by atoms with Crippen molar-refractivity contribution in [2.24, 2.45) is 11.8 Å². The first-order chi connectivity index (χ1) is 7.60. The first-order valence-corrected chi connectivity index (χ1v) is 6.97. The van der Waals surface area contributed by atoms with Crippen molar-refractivity contribution in [3.8, 4) is 0 Å². The minimum absolute atomic E-state index is 0.204. The van der Waals surface area contributed by atoms with Crippen molar-refractivity contribution in [1.29, 1.82) is 0 Å². The first-order valence-electron chi connectivity index (χ1n) is 6.05. The van der Waals surface area contributed by atoms with E-state index in [4.69, 9.17) is 0 Å². The van der Waals surface area contributed by atoms with E-state index < -0.39 is 0 Å². The van der Waals surface area contributed by atoms with Crippen LogP contribution in [0.5, 0.6) is 0 Å². The van der Waals surface area contributed by atoms with E-state index >= 15 is 0 Å². The molecule has 0 aromatic rings. The van der Waals surface area contributed by atoms with Crippen molar-refractivity contribution >= 4 is 21.9 Å². The number of ether oxygens (including phenoxy) is 1. The minimum atomic E-state index is -0.231. The number of rotatable bonds is 5. The van der Waals surface area contributed by atoms with E-state index in [0.29, 0.717) is 18.5 Å². The topological polar surface area (TPSA) is 38.3 Å². The zero-order valence-corrected chi connectivity index (χ0v) is 11.9. The lowest BCUT2D eigenvalue weighted by molar-refractivity contribution is -0.139. The van der Waals surface area contributed by atoms with Gasteiger partial charge in [0.15, 0.2) is 0 Å². The van der Waals surface area contributed by atoms with Crippen LogP contribution in [0.1, 0.15) is 33.1 Å². The Balaban J connectivity index is 2.31. The molecule has 4 atom stereocenters. The number of methoxy groups -OCH3 is 1. The predicted octanol–water partition coefficient (Wildman–Crippen LogP) is 2.34. The molecule has 4 heteroatoms. The highest BCUT2D eigenvalue weighted by Gasteiger charge is 2.31. The smallest absolute Gasteiger partial charge is 0.320 e. The van der Waals surface area contributed by atoms with Crippen molar-refractivity contribution in [2.75, 3.05) is 13.7 Å². The molecular formula is C12H22BrNO2. The van der Waals surface area contributed by atoms with Gasteiger partial charge in [0.05, 0.1) is 7.11 Å². The van der Waals surface area contributed by atoms with Crippen molar-refractivity contribution in [3.63, 3.8) is 0 Å². The van der Waals surface area contributed by atoms with Crippen molar-refractivity contribution in [2.45, 2.75) is 44.0 Å². The van der Waals surface area contributed by atoms with Gasteiger partial charge in [-0.25, -0.2) is 0 Å². The fraction of sp³-hybridized carbons (Fsp3) is 0.917. The molecule has 0 saturated heterocycles. The van der Waals surface area contributed by atoms with E-state index in [2.05, 4.69) is 39.8 Å². The average molecular weight is 292 g/mol. The molecule has 1 fully saturated rings. The third kappa shape index (κ3) is 3.45. The quantitative estimate of drug-likeness (QED) is 0.624. The number of nitrogens with one attached hydrogen (secondary N) is 1. The summed E-state index contributed by atoms with van der Waals surface area (Å²) in [7, 11) is 1.42. The number of carbonyl (C=O) groups is 1. The number of hydrogen-bond donors (Lipinski definition) is 1. The Morgan fingerprint density at radius 2 is 2.25 bits per heavy atom. The fourth-order valence-corrected chi connectivity index (χ4v) is 2.95. The molecule has 0 spiro atoms. The molecule has 4 unspecified atom stereocenters. The van der Waals surface area contributed by atoms with Gasteiger partial charge in [-0.15, -0.1) is 0 Å². The van der Waals surface area contributed by atoms with Crippen LogP contribution < -0.4 is 5.32 Å². The third-order valence-corrected chi connectivity index (χ3v) is 4.46. The van der Waals surface area contributed by atoms with Crippen LogP contribution in [0.2, 0.25) is 0 Å². The van der Waals surface area contributed by atoms with Crippen molar-refractivity contribution < 1.29 is 9.53 Å². The van der Waals surface area contributed by atoms with Gasteiger partial charge in [0.2, 0.25) is 0 Å². The zero-order valence-electron chi connectivity index (χ0n) is 10.3. The molecule has 0 amide bonds. The van der Waals surface area contributed by atoms with E-state index in [9.17, 15) is 4.79 Å². The summed E-state index contributed by atoms with van der Waals surface area (Å²) in [5, 5.41) is 3.46. The van der Waals surface area contributed by atoms with Gasteiger partial charge in [-0.2, -0.15) is 0 Å². The monoisotopic (exact) mass is 291 g/mol. The van der Waals surface area contributed by atoms with Crippen LogP contribution in [0.4, 0.5) is 0 Å². The molecule has 0 aromatic carbocycles. The van der Waals surface area contributed by atoms with E-state index in [1.807, 2.05) is 0 Å². The minimum Gasteiger partial charge on any atom is -0.468 e. The standard InChI is InChI=1S/C12H22BrNO2/c1-4-9-5-6-11(8(9)2)14-7-10(13)12(15)16-3/h8-11,14H,4-7H2,1-3H3. The number of carbonyl (C=O) groups excluding carboxylic acids is 1. The molecule has 1 aliphatic carbocycles. The second kappa shape index (κ2) is 6.60. The summed E-state index contributed by atoms with van der Waals surface area (Å²) >= 11 is 3.33. The Kier molecular flexibility index (Phi) is 5.76. The summed E-state index contributed by atoms with van der Waals surface area (Å²) in [6, 6.07) is 0.551. The fourth-order valence-electron chi connectivity index (χ4n) is 2.58. The summed E-state index contributed by atoms with van der Waals surface area (Å²) < 4.78 is 4.67. The van der Waals surface area contributed by atoms with Crippen LogP contribution in [0.25, 0.3) is 0 Å². The van der Waals surface area contributed by atoms with E-state index in [0.717, 1.165) is 5.92 Å². The summed E-state index contributed by atoms with van der Waals surface area (Å²) in [6.07, 6.45) is 3.79. The van der Waals surface area contributed by atoms with E-state index in [1.165, 1.54) is 26.4 Å². The first kappa shape index (κ1) is 14.0. The maximum absolute atomic E-state index is 11.2. The van der Waals surface area contributed by atoms with Gasteiger partial charge in [-0.05, 0) is 24.7 Å². The predicted molar refractivity (Wildman–Crippen MR) is 68.7 cm³/mol. The SMILES string of the molecule is CCC1CCC(NCC(Br)C(=O)OC)C1C. The lowest BCUT2D eigenvalue weighted by Gasteiger charge is -2.21. The molecule has 1 N–H and O–H groups in total. The lowest BCUT2D eigenvalue weighted by Crippen LogP contribution is -2.39. The van der Waals surface area contributed by atoms with Crippen molar-refractivity contribution in [3.05, 3.63) is 0 Å². The van der Waals surface area contributed by atoms with Gasteiger partial charge < -0.3 is 10.1 Å². The largest absolute Gasteiger partial charge is 0.468 e. The number of halogens is 1. The van der Waals surface area contributed by atoms with Gasteiger partial charge >= 0.3 is 5.97 Å². The normalized spacial score (nSPS) is 31.4. The van der Waals surface area contributed by atoms with Crippen LogP contribution in [-0.4, -0.2) is 30.5 Å². The Morgan fingerprint density at radius 1 is 1.56 bits per heavy atom. The Morgan fingerprint density at radius 3 is 2.75 bits per heavy atom. The van der Waals surface area contributed by atoms with Crippen LogP contribution >= 0.6 is 15.9 Å². The van der Waals surface area contributed by atoms with Gasteiger partial charge in [-0.3, -0.25) is 4.79 Å². The number of esters is 1. The molecule has 0 aliphatic heterocycles. The summed E-state index contributed by atoms with van der Waals surface area (Å²) in [5.41, 5.74) is 0. The lowest BCUT2D eigenvalue weighted by atomic mass is 9.93. The highest BCUT2D eigenvalue weighted by molar-refractivity contribution is 9.10. The summed E-state index contributed by atoms with van der Waals surface area (Å²) in [6.45, 7) is 5.21. The molecule has 0 aromatic heterocycles. The molecule has 1 aliphatic rings. The van der Waals surface area contributed by atoms with Gasteiger partial charge in [0, 0.05) is 12.6 Å². The van der Waals surface area contributed by atoms with Crippen LogP contribution in [0, 0.1) is 11.8 Å². The molecule has 0 radical (unpaired) electrons. The molecule has 16 heavy (non-hydrogen) atoms. The Labute approximate surface area is 106 Å². The van der Waals surface area contributed by atoms with Gasteiger partial charge in [0.25, 0.3) is 0 Å². The van der Waals surface area contributed by atoms with E-state index in [-0.39, 0.29) is 10.8 Å². The third-order valence-electron chi connectivity index (χ3n) is 3.77. The summed E-state index contributed by atoms with van der Waals surface area (Å²) in [5.74, 6) is 1.34. The molecule has 1 saturated carbocycles. The van der Waals surface area contributed by atoms with Gasteiger partial charge in [-0.1, -0.05) is 36.2 Å². The molecule has 1 rings (SSSR count). The Bertz CT molecular complexity index is 235. The Hall–Kier alpha value is -0.0900. The number of alkyl halides is 1. The summed E-state index contributed by atoms with van der Waals surface area (Å²) in [4.78, 5) is 11.0. The molecular weight excluding hydrogens is 270 g/mol. The van der Waals surface area contributed by atoms with Gasteiger partial charge in [0.1, 0.15) is 4.83 Å². The van der Waals surface area contributed by atoms with Crippen molar-refractivity contribution in [1.82, 2.24) is 5.32 Å². The van der Waals surface area contributed by atoms with Crippen LogP contribution in [-0.2, 0) is 9.53 Å². The highest BCUT2D eigenvalue weighted by atomic mass is 79.9. The maximum atomic E-state index is 11.2. The molecule has 0 bridgehead atoms.